The van der Waals surface area contributed by atoms with E-state index in [-0.39, 0.29) is 0 Å². The van der Waals surface area contributed by atoms with Gasteiger partial charge in [0.05, 0.1) is 0 Å². The zero-order chi connectivity index (χ0) is 51.3. The lowest BCUT2D eigenvalue weighted by atomic mass is 9.90. The molecule has 16 rings (SSSR count). The molecule has 12 aromatic heterocycles. The molecule has 0 bridgehead atoms. The molecule has 0 spiro atoms. The van der Waals surface area contributed by atoms with E-state index >= 15 is 0 Å². The highest BCUT2D eigenvalue weighted by atomic mass is 16.4. The third-order valence-corrected chi connectivity index (χ3v) is 13.2. The third kappa shape index (κ3) is 7.50. The van der Waals surface area contributed by atoms with Gasteiger partial charge < -0.3 is 26.5 Å². The number of hydrogen-bond acceptors (Lipinski definition) is 18. The van der Waals surface area contributed by atoms with Crippen LogP contribution in [0.4, 0.5) is 0 Å². The minimum absolute atomic E-state index is 0.355. The van der Waals surface area contributed by atoms with Gasteiger partial charge in [0.2, 0.25) is 69.6 Å². The van der Waals surface area contributed by atoms with Crippen LogP contribution in [0.3, 0.4) is 0 Å². The fourth-order valence-corrected chi connectivity index (χ4v) is 9.61. The van der Waals surface area contributed by atoms with Gasteiger partial charge >= 0.3 is 0 Å². The first-order valence-corrected chi connectivity index (χ1v) is 24.4. The van der Waals surface area contributed by atoms with E-state index in [4.69, 9.17) is 56.4 Å². The number of pyridine rings is 6. The van der Waals surface area contributed by atoms with E-state index in [1.165, 1.54) is 0 Å². The van der Waals surface area contributed by atoms with Gasteiger partial charge in [-0.15, -0.1) is 0 Å². The maximum Gasteiger partial charge on any atom is 0.247 e. The first-order valence-electron chi connectivity index (χ1n) is 24.4. The fourth-order valence-electron chi connectivity index (χ4n) is 9.61. The molecule has 18 nitrogen and oxygen atoms in total. The number of hydrogen-bond donors (Lipinski definition) is 0. The van der Waals surface area contributed by atoms with Gasteiger partial charge in [0.25, 0.3) is 0 Å². The molecule has 0 unspecified atom stereocenters. The number of fused-ring (bicyclic) bond motifs is 6. The average Bonchev–Trinajstić information content (AvgIpc) is 4.39. The van der Waals surface area contributed by atoms with Gasteiger partial charge in [-0.05, 0) is 179 Å². The van der Waals surface area contributed by atoms with Gasteiger partial charge in [-0.2, -0.15) is 0 Å². The summed E-state index contributed by atoms with van der Waals surface area (Å²) in [6, 6.07) is 46.3. The zero-order valence-electron chi connectivity index (χ0n) is 40.1. The summed E-state index contributed by atoms with van der Waals surface area (Å²) in [6.45, 7) is 0. The van der Waals surface area contributed by atoms with Gasteiger partial charge in [-0.3, -0.25) is 0 Å². The van der Waals surface area contributed by atoms with Crippen LogP contribution in [0.25, 0.3) is 169 Å². The second kappa shape index (κ2) is 17.1. The Bertz CT molecular complexity index is 4070. The maximum atomic E-state index is 6.33. The molecule has 0 saturated carbocycles. The Morgan fingerprint density at radius 2 is 0.346 bits per heavy atom. The molecule has 0 radical (unpaired) electrons. The number of aromatic nitrogens is 12. The molecule has 12 heterocycles. The van der Waals surface area contributed by atoms with Crippen molar-refractivity contribution in [1.82, 2.24) is 59.8 Å². The minimum Gasteiger partial charge on any atom is -0.418 e. The summed E-state index contributed by atoms with van der Waals surface area (Å²) >= 11 is 0. The van der Waals surface area contributed by atoms with Crippen molar-refractivity contribution in [3.05, 3.63) is 183 Å². The van der Waals surface area contributed by atoms with Gasteiger partial charge in [-0.25, -0.2) is 59.8 Å². The van der Waals surface area contributed by atoms with Crippen LogP contribution in [0.15, 0.2) is 209 Å². The van der Waals surface area contributed by atoms with Crippen molar-refractivity contribution in [1.29, 1.82) is 0 Å². The Morgan fingerprint density at radius 1 is 0.192 bits per heavy atom. The fraction of sp³-hybridized carbons (Fsp3) is 0. The Morgan fingerprint density at radius 3 is 0.513 bits per heavy atom. The minimum atomic E-state index is 0.355. The number of benzene rings is 4. The van der Waals surface area contributed by atoms with Gasteiger partial charge in [0.15, 0.2) is 0 Å². The average molecular weight is 1010 g/mol. The number of rotatable bonds is 9. The van der Waals surface area contributed by atoms with Crippen LogP contribution >= 0.6 is 0 Å². The molecule has 0 saturated heterocycles. The molecular formula is C60H30N12O6. The first kappa shape index (κ1) is 43.0. The summed E-state index contributed by atoms with van der Waals surface area (Å²) < 4.78 is 38.0. The van der Waals surface area contributed by atoms with Crippen molar-refractivity contribution in [3.8, 4) is 102 Å². The molecule has 0 aliphatic heterocycles. The molecule has 78 heavy (non-hydrogen) atoms. The lowest BCUT2D eigenvalue weighted by Crippen LogP contribution is -1.92. The van der Waals surface area contributed by atoms with E-state index in [0.717, 1.165) is 33.4 Å². The van der Waals surface area contributed by atoms with E-state index in [2.05, 4.69) is 48.1 Å². The molecule has 0 aliphatic rings. The highest BCUT2D eigenvalue weighted by molar-refractivity contribution is 5.90. The van der Waals surface area contributed by atoms with Crippen LogP contribution < -0.4 is 0 Å². The highest BCUT2D eigenvalue weighted by Gasteiger charge is 2.22. The molecule has 0 atom stereocenters. The van der Waals surface area contributed by atoms with Crippen LogP contribution in [0.1, 0.15) is 0 Å². The summed E-state index contributed by atoms with van der Waals surface area (Å²) in [4.78, 5) is 55.9. The Labute approximate surface area is 436 Å². The second-order valence-electron chi connectivity index (χ2n) is 18.3. The molecule has 4 aromatic carbocycles. The van der Waals surface area contributed by atoms with Gasteiger partial charge in [0.1, 0.15) is 33.1 Å². The van der Waals surface area contributed by atoms with Crippen LogP contribution in [0.5, 0.6) is 0 Å². The molecule has 366 valence electrons. The van der Waals surface area contributed by atoms with E-state index < -0.39 is 0 Å². The number of nitrogens with zero attached hydrogens (tertiary/aromatic N) is 12. The van der Waals surface area contributed by atoms with Crippen molar-refractivity contribution in [2.75, 3.05) is 0 Å². The summed E-state index contributed by atoms with van der Waals surface area (Å²) in [5.41, 5.74) is 14.6. The van der Waals surface area contributed by atoms with E-state index in [1.54, 1.807) is 37.2 Å². The van der Waals surface area contributed by atoms with E-state index in [0.29, 0.717) is 136 Å². The summed E-state index contributed by atoms with van der Waals surface area (Å²) in [6.07, 6.45) is 10.0. The van der Waals surface area contributed by atoms with Crippen LogP contribution in [0, 0.1) is 0 Å². The van der Waals surface area contributed by atoms with Crippen LogP contribution in [0.2, 0.25) is 0 Å². The SMILES string of the molecule is c1cnc2oc(-c3cc(-c4cc(-c5cc(-c6nc7cccnc7o6)cc(-c6nc7cccnc7o6)c5)cc(-c5cc(-c6nc7cccnc7o6)cc(-c6nc7cccnc7o6)c5)c4)cc(-c4nc5cccnc5o4)c3)nc2c1. The Balaban J connectivity index is 0.959. The van der Waals surface area contributed by atoms with Crippen molar-refractivity contribution < 1.29 is 26.5 Å². The molecule has 18 heteroatoms. The summed E-state index contributed by atoms with van der Waals surface area (Å²) in [5.74, 6) is 2.13. The molecule has 0 N–H and O–H groups in total. The second-order valence-corrected chi connectivity index (χ2v) is 18.3. The highest BCUT2D eigenvalue weighted by Crippen LogP contribution is 2.42. The van der Waals surface area contributed by atoms with Gasteiger partial charge in [-0.1, -0.05) is 0 Å². The predicted molar refractivity (Wildman–Crippen MR) is 288 cm³/mol. The zero-order valence-corrected chi connectivity index (χ0v) is 40.1. The van der Waals surface area contributed by atoms with E-state index in [9.17, 15) is 0 Å². The standard InChI is InChI=1S/C60H30N12O6/c1-7-43-55(61-13-1)73-49(67-43)37-22-34(23-38(28-37)50-68-44-8-2-14-62-56(44)74-50)31-19-32(35-24-39(51-69-45-9-3-15-63-57(45)75-51)29-40(25-35)52-70-46-10-4-16-64-58(46)76-52)21-33(20-31)36-26-41(53-71-47-11-5-17-65-59(47)77-53)30-42(27-36)54-72-48-12-6-18-66-60(48)78-54/h1-30H. The number of oxazole rings is 6. The molecule has 16 aromatic rings. The largest absolute Gasteiger partial charge is 0.418 e. The molecular weight excluding hydrogens is 985 g/mol. The van der Waals surface area contributed by atoms with E-state index in [1.807, 2.05) is 127 Å². The topological polar surface area (TPSA) is 234 Å². The summed E-state index contributed by atoms with van der Waals surface area (Å²) in [5, 5.41) is 0. The van der Waals surface area contributed by atoms with Crippen molar-refractivity contribution in [2.24, 2.45) is 0 Å². The quantitative estimate of drug-likeness (QED) is 0.131. The smallest absolute Gasteiger partial charge is 0.247 e. The lowest BCUT2D eigenvalue weighted by molar-refractivity contribution is 0.604. The Hall–Kier alpha value is -11.4. The predicted octanol–water partition coefficient (Wildman–Crippen LogP) is 13.9. The third-order valence-electron chi connectivity index (χ3n) is 13.2. The van der Waals surface area contributed by atoms with Crippen molar-refractivity contribution in [3.63, 3.8) is 0 Å². The van der Waals surface area contributed by atoms with Gasteiger partial charge in [0, 0.05) is 70.6 Å². The normalized spacial score (nSPS) is 11.8. The first-order chi connectivity index (χ1) is 38.5. The summed E-state index contributed by atoms with van der Waals surface area (Å²) in [7, 11) is 0. The van der Waals surface area contributed by atoms with Crippen molar-refractivity contribution >= 4 is 67.4 Å². The Kier molecular flexibility index (Phi) is 9.43. The van der Waals surface area contributed by atoms with Crippen LogP contribution in [-0.4, -0.2) is 59.8 Å². The monoisotopic (exact) mass is 1010 g/mol. The lowest BCUT2D eigenvalue weighted by Gasteiger charge is -2.15. The molecule has 0 aliphatic carbocycles. The maximum absolute atomic E-state index is 6.33. The van der Waals surface area contributed by atoms with Crippen molar-refractivity contribution in [2.45, 2.75) is 0 Å². The molecule has 0 amide bonds. The molecule has 0 fully saturated rings. The van der Waals surface area contributed by atoms with Crippen LogP contribution in [-0.2, 0) is 0 Å².